The molecule has 0 spiro atoms. The topological polar surface area (TPSA) is 29.3 Å². The molecule has 1 aromatic rings. The highest BCUT2D eigenvalue weighted by atomic mass is 79.9. The summed E-state index contributed by atoms with van der Waals surface area (Å²) in [5, 5.41) is 0. The van der Waals surface area contributed by atoms with Crippen molar-refractivity contribution in [3.8, 4) is 0 Å². The van der Waals surface area contributed by atoms with Crippen LogP contribution in [0.25, 0.3) is 0 Å². The zero-order valence-electron chi connectivity index (χ0n) is 11.8. The van der Waals surface area contributed by atoms with Gasteiger partial charge >= 0.3 is 0 Å². The second-order valence-electron chi connectivity index (χ2n) is 5.79. The third-order valence-corrected chi connectivity index (χ3v) is 4.89. The molecule has 2 N–H and O–H groups in total. The zero-order chi connectivity index (χ0) is 13.7. The lowest BCUT2D eigenvalue weighted by Crippen LogP contribution is -2.28. The molecule has 106 valence electrons. The molecule has 19 heavy (non-hydrogen) atoms. The van der Waals surface area contributed by atoms with E-state index in [9.17, 15) is 0 Å². The molecule has 1 aliphatic heterocycles. The van der Waals surface area contributed by atoms with Crippen LogP contribution < -0.4 is 5.73 Å². The number of nitrogens with zero attached hydrogens (tertiary/aromatic N) is 1. The summed E-state index contributed by atoms with van der Waals surface area (Å²) in [7, 11) is 0. The van der Waals surface area contributed by atoms with Gasteiger partial charge in [-0.05, 0) is 62.9 Å². The number of hydrogen-bond acceptors (Lipinski definition) is 2. The fourth-order valence-corrected chi connectivity index (χ4v) is 3.38. The zero-order valence-corrected chi connectivity index (χ0v) is 13.4. The monoisotopic (exact) mass is 324 g/mol. The predicted octanol–water partition coefficient (Wildman–Crippen LogP) is 3.96. The Morgan fingerprint density at radius 1 is 1.32 bits per heavy atom. The van der Waals surface area contributed by atoms with Crippen LogP contribution in [0.3, 0.4) is 0 Å². The van der Waals surface area contributed by atoms with Crippen molar-refractivity contribution in [1.82, 2.24) is 4.90 Å². The van der Waals surface area contributed by atoms with Crippen molar-refractivity contribution in [2.45, 2.75) is 38.6 Å². The second kappa shape index (κ2) is 7.41. The smallest absolute Gasteiger partial charge is 0.0318 e. The minimum Gasteiger partial charge on any atom is -0.324 e. The van der Waals surface area contributed by atoms with Gasteiger partial charge in [-0.2, -0.15) is 0 Å². The van der Waals surface area contributed by atoms with Gasteiger partial charge in [-0.3, -0.25) is 0 Å². The molecular weight excluding hydrogens is 300 g/mol. The summed E-state index contributed by atoms with van der Waals surface area (Å²) in [4.78, 5) is 2.58. The number of hydrogen-bond donors (Lipinski definition) is 1. The van der Waals surface area contributed by atoms with Crippen molar-refractivity contribution in [3.63, 3.8) is 0 Å². The highest BCUT2D eigenvalue weighted by Crippen LogP contribution is 2.24. The molecule has 2 nitrogen and oxygen atoms in total. The molecule has 0 aliphatic carbocycles. The van der Waals surface area contributed by atoms with E-state index in [-0.39, 0.29) is 6.04 Å². The summed E-state index contributed by atoms with van der Waals surface area (Å²) < 4.78 is 1.13. The standard InChI is InChI=1S/C16H25BrN2/c1-13-5-4-10-19(11-8-13)12-9-16(18)14-6-2-3-7-15(14)17/h2-3,6-7,13,16H,4-5,8-12,18H2,1H3. The predicted molar refractivity (Wildman–Crippen MR) is 85.1 cm³/mol. The Bertz CT molecular complexity index is 394. The molecule has 0 aromatic heterocycles. The molecule has 1 saturated heterocycles. The van der Waals surface area contributed by atoms with Crippen LogP contribution in [0.4, 0.5) is 0 Å². The maximum absolute atomic E-state index is 6.32. The minimum absolute atomic E-state index is 0.135. The molecule has 0 radical (unpaired) electrons. The Morgan fingerprint density at radius 3 is 2.89 bits per heavy atom. The van der Waals surface area contributed by atoms with Crippen LogP contribution in [0.2, 0.25) is 0 Å². The summed E-state index contributed by atoms with van der Waals surface area (Å²) in [5.74, 6) is 0.891. The van der Waals surface area contributed by atoms with Crippen molar-refractivity contribution in [2.75, 3.05) is 19.6 Å². The molecule has 0 bridgehead atoms. The van der Waals surface area contributed by atoms with Crippen molar-refractivity contribution in [2.24, 2.45) is 11.7 Å². The SMILES string of the molecule is CC1CCCN(CCC(N)c2ccccc2Br)CC1. The van der Waals surface area contributed by atoms with E-state index in [1.54, 1.807) is 0 Å². The van der Waals surface area contributed by atoms with Gasteiger partial charge in [-0.25, -0.2) is 0 Å². The van der Waals surface area contributed by atoms with Crippen molar-refractivity contribution >= 4 is 15.9 Å². The lowest BCUT2D eigenvalue weighted by Gasteiger charge is -2.22. The quantitative estimate of drug-likeness (QED) is 0.908. The van der Waals surface area contributed by atoms with Crippen LogP contribution in [0, 0.1) is 5.92 Å². The first kappa shape index (κ1) is 15.0. The second-order valence-corrected chi connectivity index (χ2v) is 6.65. The minimum atomic E-state index is 0.135. The first-order valence-corrected chi connectivity index (χ1v) is 8.18. The Balaban J connectivity index is 1.83. The van der Waals surface area contributed by atoms with E-state index in [1.165, 1.54) is 37.9 Å². The Kier molecular flexibility index (Phi) is 5.86. The summed E-state index contributed by atoms with van der Waals surface area (Å²) in [5.41, 5.74) is 7.55. The maximum atomic E-state index is 6.32. The molecule has 2 unspecified atom stereocenters. The van der Waals surface area contributed by atoms with Crippen molar-refractivity contribution in [1.29, 1.82) is 0 Å². The summed E-state index contributed by atoms with van der Waals surface area (Å²) in [6, 6.07) is 8.43. The number of likely N-dealkylation sites (tertiary alicyclic amines) is 1. The van der Waals surface area contributed by atoms with Gasteiger partial charge in [-0.15, -0.1) is 0 Å². The average Bonchev–Trinajstić information content (AvgIpc) is 2.61. The molecular formula is C16H25BrN2. The van der Waals surface area contributed by atoms with Gasteiger partial charge in [0.2, 0.25) is 0 Å². The number of benzene rings is 1. The number of halogens is 1. The highest BCUT2D eigenvalue weighted by Gasteiger charge is 2.15. The first-order chi connectivity index (χ1) is 9.16. The van der Waals surface area contributed by atoms with E-state index in [2.05, 4.69) is 46.0 Å². The molecule has 0 saturated carbocycles. The van der Waals surface area contributed by atoms with Crippen LogP contribution in [0.1, 0.15) is 44.2 Å². The van der Waals surface area contributed by atoms with Gasteiger partial charge in [0.05, 0.1) is 0 Å². The van der Waals surface area contributed by atoms with E-state index in [0.717, 1.165) is 23.4 Å². The Morgan fingerprint density at radius 2 is 2.11 bits per heavy atom. The van der Waals surface area contributed by atoms with Crippen LogP contribution >= 0.6 is 15.9 Å². The van der Waals surface area contributed by atoms with Gasteiger partial charge in [0.25, 0.3) is 0 Å². The van der Waals surface area contributed by atoms with Gasteiger partial charge in [0.15, 0.2) is 0 Å². The van der Waals surface area contributed by atoms with Gasteiger partial charge in [0.1, 0.15) is 0 Å². The lowest BCUT2D eigenvalue weighted by atomic mass is 10.0. The normalized spacial score (nSPS) is 23.0. The molecule has 2 atom stereocenters. The molecule has 1 aliphatic rings. The highest BCUT2D eigenvalue weighted by molar-refractivity contribution is 9.10. The van der Waals surface area contributed by atoms with Crippen LogP contribution in [0.15, 0.2) is 28.7 Å². The van der Waals surface area contributed by atoms with E-state index < -0.39 is 0 Å². The summed E-state index contributed by atoms with van der Waals surface area (Å²) >= 11 is 3.59. The molecule has 1 fully saturated rings. The summed E-state index contributed by atoms with van der Waals surface area (Å²) in [6.45, 7) is 5.97. The van der Waals surface area contributed by atoms with Crippen LogP contribution in [-0.4, -0.2) is 24.5 Å². The first-order valence-electron chi connectivity index (χ1n) is 7.39. The molecule has 0 amide bonds. The molecule has 2 rings (SSSR count). The summed E-state index contributed by atoms with van der Waals surface area (Å²) in [6.07, 6.45) is 5.10. The fourth-order valence-electron chi connectivity index (χ4n) is 2.80. The Labute approximate surface area is 125 Å². The number of rotatable bonds is 4. The van der Waals surface area contributed by atoms with E-state index in [0.29, 0.717) is 0 Å². The third kappa shape index (κ3) is 4.59. The van der Waals surface area contributed by atoms with Crippen LogP contribution in [0.5, 0.6) is 0 Å². The van der Waals surface area contributed by atoms with Gasteiger partial charge in [-0.1, -0.05) is 41.1 Å². The average molecular weight is 325 g/mol. The van der Waals surface area contributed by atoms with E-state index in [1.807, 2.05) is 6.07 Å². The third-order valence-electron chi connectivity index (χ3n) is 4.17. The molecule has 1 heterocycles. The molecule has 3 heteroatoms. The van der Waals surface area contributed by atoms with Crippen molar-refractivity contribution in [3.05, 3.63) is 34.3 Å². The van der Waals surface area contributed by atoms with Gasteiger partial charge in [0, 0.05) is 10.5 Å². The lowest BCUT2D eigenvalue weighted by molar-refractivity contribution is 0.270. The van der Waals surface area contributed by atoms with Gasteiger partial charge < -0.3 is 10.6 Å². The largest absolute Gasteiger partial charge is 0.324 e. The van der Waals surface area contributed by atoms with E-state index >= 15 is 0 Å². The number of nitrogens with two attached hydrogens (primary N) is 1. The molecule has 1 aromatic carbocycles. The van der Waals surface area contributed by atoms with Crippen LogP contribution in [-0.2, 0) is 0 Å². The van der Waals surface area contributed by atoms with E-state index in [4.69, 9.17) is 5.73 Å². The maximum Gasteiger partial charge on any atom is 0.0318 e. The Hall–Kier alpha value is -0.380. The van der Waals surface area contributed by atoms with Crippen molar-refractivity contribution < 1.29 is 0 Å². The fraction of sp³-hybridized carbons (Fsp3) is 0.625.